The molecule has 0 unspecified atom stereocenters. The molecule has 0 radical (unpaired) electrons. The van der Waals surface area contributed by atoms with Gasteiger partial charge in [-0.15, -0.1) is 0 Å². The maximum absolute atomic E-state index is 5.54. The highest BCUT2D eigenvalue weighted by Crippen LogP contribution is 2.49. The van der Waals surface area contributed by atoms with Gasteiger partial charge in [-0.25, -0.2) is 9.97 Å². The van der Waals surface area contributed by atoms with Crippen molar-refractivity contribution in [3.05, 3.63) is 42.6 Å². The smallest absolute Gasteiger partial charge is 0.137 e. The van der Waals surface area contributed by atoms with Crippen LogP contribution in [-0.4, -0.2) is 21.1 Å². The Morgan fingerprint density at radius 1 is 1.33 bits per heavy atom. The number of aromatic nitrogens is 3. The number of nitrogens with two attached hydrogens (primary N) is 1. The molecule has 0 spiro atoms. The van der Waals surface area contributed by atoms with Crippen molar-refractivity contribution in [2.75, 3.05) is 6.54 Å². The maximum atomic E-state index is 5.54. The summed E-state index contributed by atoms with van der Waals surface area (Å²) in [6.07, 6.45) is 9.39. The molecule has 4 nitrogen and oxygen atoms in total. The van der Waals surface area contributed by atoms with E-state index in [4.69, 9.17) is 5.73 Å². The fourth-order valence-corrected chi connectivity index (χ4v) is 2.47. The van der Waals surface area contributed by atoms with E-state index in [1.165, 1.54) is 18.5 Å². The van der Waals surface area contributed by atoms with Gasteiger partial charge in [0.25, 0.3) is 0 Å². The summed E-state index contributed by atoms with van der Waals surface area (Å²) in [5, 5.41) is 0. The Kier molecular flexibility index (Phi) is 3.11. The fourth-order valence-electron chi connectivity index (χ4n) is 2.47. The zero-order chi connectivity index (χ0) is 12.4. The molecule has 2 aromatic rings. The fraction of sp³-hybridized carbons (Fsp3) is 0.429. The van der Waals surface area contributed by atoms with Crippen molar-refractivity contribution < 1.29 is 0 Å². The van der Waals surface area contributed by atoms with E-state index < -0.39 is 0 Å². The summed E-state index contributed by atoms with van der Waals surface area (Å²) in [5.41, 5.74) is 6.74. The van der Waals surface area contributed by atoms with Gasteiger partial charge in [-0.3, -0.25) is 4.57 Å². The van der Waals surface area contributed by atoms with Gasteiger partial charge in [0, 0.05) is 18.3 Å². The lowest BCUT2D eigenvalue weighted by molar-refractivity contribution is 0.655. The van der Waals surface area contributed by atoms with Gasteiger partial charge in [-0.05, 0) is 43.9 Å². The number of imidazole rings is 1. The molecule has 1 saturated carbocycles. The predicted molar refractivity (Wildman–Crippen MR) is 70.5 cm³/mol. The van der Waals surface area contributed by atoms with Crippen LogP contribution in [0.1, 0.15) is 30.9 Å². The predicted octanol–water partition coefficient (Wildman–Crippen LogP) is 2.11. The number of pyridine rings is 1. The summed E-state index contributed by atoms with van der Waals surface area (Å²) in [6.45, 7) is 0.797. The van der Waals surface area contributed by atoms with Crippen LogP contribution >= 0.6 is 0 Å². The van der Waals surface area contributed by atoms with E-state index in [1.54, 1.807) is 6.20 Å². The minimum absolute atomic E-state index is 0.640. The second kappa shape index (κ2) is 4.90. The molecule has 1 fully saturated rings. The van der Waals surface area contributed by atoms with E-state index in [2.05, 4.69) is 16.2 Å². The normalized spacial score (nSPS) is 22.1. The first-order valence-electron chi connectivity index (χ1n) is 6.54. The van der Waals surface area contributed by atoms with Crippen molar-refractivity contribution in [1.29, 1.82) is 0 Å². The van der Waals surface area contributed by atoms with E-state index >= 15 is 0 Å². The van der Waals surface area contributed by atoms with Crippen LogP contribution < -0.4 is 5.73 Å². The molecular formula is C14H18N4. The molecule has 2 N–H and O–H groups in total. The molecule has 0 saturated heterocycles. The maximum Gasteiger partial charge on any atom is 0.137 e. The third-order valence-corrected chi connectivity index (χ3v) is 3.60. The monoisotopic (exact) mass is 242 g/mol. The summed E-state index contributed by atoms with van der Waals surface area (Å²) in [5.74, 6) is 2.36. The van der Waals surface area contributed by atoms with Crippen molar-refractivity contribution in [1.82, 2.24) is 14.5 Å². The Morgan fingerprint density at radius 3 is 3.06 bits per heavy atom. The highest BCUT2D eigenvalue weighted by atomic mass is 15.1. The molecule has 4 heteroatoms. The second-order valence-electron chi connectivity index (χ2n) is 4.93. The van der Waals surface area contributed by atoms with Gasteiger partial charge >= 0.3 is 0 Å². The van der Waals surface area contributed by atoms with E-state index in [9.17, 15) is 0 Å². The average molecular weight is 242 g/mol. The number of hydrogen-bond acceptors (Lipinski definition) is 3. The van der Waals surface area contributed by atoms with E-state index in [0.717, 1.165) is 24.7 Å². The van der Waals surface area contributed by atoms with E-state index in [-0.39, 0.29) is 0 Å². The first-order chi connectivity index (χ1) is 8.88. The lowest BCUT2D eigenvalue weighted by Crippen LogP contribution is -1.98. The molecule has 3 rings (SSSR count). The highest BCUT2D eigenvalue weighted by molar-refractivity contribution is 5.25. The van der Waals surface area contributed by atoms with Crippen LogP contribution in [0.4, 0.5) is 0 Å². The Labute approximate surface area is 107 Å². The summed E-state index contributed by atoms with van der Waals surface area (Å²) < 4.78 is 1.99. The molecule has 1 aliphatic carbocycles. The van der Waals surface area contributed by atoms with Gasteiger partial charge in [-0.2, -0.15) is 0 Å². The van der Waals surface area contributed by atoms with Crippen LogP contribution in [0.2, 0.25) is 0 Å². The van der Waals surface area contributed by atoms with Crippen molar-refractivity contribution in [3.8, 4) is 5.82 Å². The van der Waals surface area contributed by atoms with Gasteiger partial charge in [0.15, 0.2) is 0 Å². The number of nitrogens with zero attached hydrogens (tertiary/aromatic N) is 3. The summed E-state index contributed by atoms with van der Waals surface area (Å²) in [6, 6.07) is 5.90. The minimum atomic E-state index is 0.640. The molecular weight excluding hydrogens is 224 g/mol. The first-order valence-corrected chi connectivity index (χ1v) is 6.54. The largest absolute Gasteiger partial charge is 0.330 e. The SMILES string of the molecule is NCCC[C@H]1C[C@H]1c1cn(-c2ccccn2)cn1. The summed E-state index contributed by atoms with van der Waals surface area (Å²) in [7, 11) is 0. The summed E-state index contributed by atoms with van der Waals surface area (Å²) >= 11 is 0. The average Bonchev–Trinajstić information content (AvgIpc) is 3.03. The molecule has 2 atom stereocenters. The number of hydrogen-bond donors (Lipinski definition) is 1. The van der Waals surface area contributed by atoms with Gasteiger partial charge in [-0.1, -0.05) is 6.07 Å². The molecule has 2 aromatic heterocycles. The molecule has 0 amide bonds. The molecule has 0 aromatic carbocycles. The van der Waals surface area contributed by atoms with E-state index in [1.807, 2.05) is 29.1 Å². The first kappa shape index (κ1) is 11.4. The Balaban J connectivity index is 1.68. The second-order valence-corrected chi connectivity index (χ2v) is 4.93. The lowest BCUT2D eigenvalue weighted by Gasteiger charge is -1.98. The number of rotatable bonds is 5. The van der Waals surface area contributed by atoms with E-state index in [0.29, 0.717) is 5.92 Å². The van der Waals surface area contributed by atoms with Crippen molar-refractivity contribution in [3.63, 3.8) is 0 Å². The standard InChI is InChI=1S/C14H18N4/c15-6-3-4-11-8-12(11)13-9-18(10-17-13)14-5-1-2-7-16-14/h1-2,5,7,9-12H,3-4,6,8,15H2/t11-,12+/m0/s1. The van der Waals surface area contributed by atoms with Crippen molar-refractivity contribution >= 4 is 0 Å². The molecule has 1 aliphatic rings. The van der Waals surface area contributed by atoms with Crippen LogP contribution in [-0.2, 0) is 0 Å². The third-order valence-electron chi connectivity index (χ3n) is 3.60. The highest BCUT2D eigenvalue weighted by Gasteiger charge is 2.39. The van der Waals surface area contributed by atoms with Crippen molar-refractivity contribution in [2.45, 2.75) is 25.2 Å². The molecule has 18 heavy (non-hydrogen) atoms. The third kappa shape index (κ3) is 2.29. The quantitative estimate of drug-likeness (QED) is 0.873. The van der Waals surface area contributed by atoms with Crippen molar-refractivity contribution in [2.24, 2.45) is 11.7 Å². The molecule has 94 valence electrons. The van der Waals surface area contributed by atoms with Crippen LogP contribution in [0.5, 0.6) is 0 Å². The van der Waals surface area contributed by atoms with Gasteiger partial charge in [0.05, 0.1) is 5.69 Å². The van der Waals surface area contributed by atoms with Crippen LogP contribution in [0.25, 0.3) is 5.82 Å². The van der Waals surface area contributed by atoms with Gasteiger partial charge < -0.3 is 5.73 Å². The molecule has 2 heterocycles. The van der Waals surface area contributed by atoms with Crippen LogP contribution in [0.3, 0.4) is 0 Å². The molecule has 0 aliphatic heterocycles. The zero-order valence-corrected chi connectivity index (χ0v) is 10.4. The molecule has 0 bridgehead atoms. The minimum Gasteiger partial charge on any atom is -0.330 e. The topological polar surface area (TPSA) is 56.7 Å². The Hall–Kier alpha value is -1.68. The van der Waals surface area contributed by atoms with Crippen LogP contribution in [0.15, 0.2) is 36.9 Å². The lowest BCUT2D eigenvalue weighted by atomic mass is 10.1. The van der Waals surface area contributed by atoms with Gasteiger partial charge in [0.2, 0.25) is 0 Å². The Morgan fingerprint density at radius 2 is 2.28 bits per heavy atom. The van der Waals surface area contributed by atoms with Crippen LogP contribution in [0, 0.1) is 5.92 Å². The Bertz CT molecular complexity index is 506. The van der Waals surface area contributed by atoms with Gasteiger partial charge in [0.1, 0.15) is 12.1 Å². The summed E-state index contributed by atoms with van der Waals surface area (Å²) in [4.78, 5) is 8.82. The zero-order valence-electron chi connectivity index (χ0n) is 10.4.